The van der Waals surface area contributed by atoms with Crippen molar-refractivity contribution in [3.05, 3.63) is 24.3 Å². The molecule has 2 atom stereocenters. The van der Waals surface area contributed by atoms with Crippen LogP contribution in [-0.2, 0) is 0 Å². The highest BCUT2D eigenvalue weighted by molar-refractivity contribution is 5.48. The molecule has 1 saturated heterocycles. The third-order valence-corrected chi connectivity index (χ3v) is 3.43. The molecule has 1 aliphatic rings. The van der Waals surface area contributed by atoms with E-state index in [1.54, 1.807) is 12.1 Å². The predicted molar refractivity (Wildman–Crippen MR) is 66.8 cm³/mol. The van der Waals surface area contributed by atoms with Gasteiger partial charge in [-0.2, -0.15) is 0 Å². The van der Waals surface area contributed by atoms with Crippen LogP contribution < -0.4 is 5.32 Å². The van der Waals surface area contributed by atoms with E-state index < -0.39 is 0 Å². The first-order valence-corrected chi connectivity index (χ1v) is 5.91. The highest BCUT2D eigenvalue weighted by Gasteiger charge is 2.22. The lowest BCUT2D eigenvalue weighted by Gasteiger charge is -2.35. The molecule has 1 aromatic carbocycles. The molecule has 3 heteroatoms. The van der Waals surface area contributed by atoms with Crippen molar-refractivity contribution in [3.8, 4) is 5.75 Å². The molecule has 3 nitrogen and oxygen atoms in total. The molecular formula is C13H20N2O. The summed E-state index contributed by atoms with van der Waals surface area (Å²) >= 11 is 0. The maximum absolute atomic E-state index is 9.39. The van der Waals surface area contributed by atoms with Crippen molar-refractivity contribution in [2.24, 2.45) is 0 Å². The lowest BCUT2D eigenvalue weighted by atomic mass is 9.99. The molecule has 2 N–H and O–H groups in total. The van der Waals surface area contributed by atoms with Crippen LogP contribution in [0.1, 0.15) is 19.8 Å². The van der Waals surface area contributed by atoms with Crippen LogP contribution >= 0.6 is 0 Å². The summed E-state index contributed by atoms with van der Waals surface area (Å²) in [4.78, 5) is 2.39. The molecule has 16 heavy (non-hydrogen) atoms. The number of phenolic OH excluding ortho intramolecular Hbond substituents is 1. The lowest BCUT2D eigenvalue weighted by molar-refractivity contribution is 0.190. The largest absolute Gasteiger partial charge is 0.508 e. The number of piperidine rings is 1. The molecule has 1 aromatic rings. The second-order valence-electron chi connectivity index (χ2n) is 4.75. The Bertz CT molecular complexity index is 354. The Hall–Kier alpha value is -1.22. The van der Waals surface area contributed by atoms with Gasteiger partial charge in [-0.1, -0.05) is 6.07 Å². The van der Waals surface area contributed by atoms with Crippen molar-refractivity contribution in [1.82, 2.24) is 4.90 Å². The summed E-state index contributed by atoms with van der Waals surface area (Å²) in [6.45, 7) is 3.40. The van der Waals surface area contributed by atoms with E-state index in [9.17, 15) is 5.11 Å². The average molecular weight is 220 g/mol. The first-order valence-electron chi connectivity index (χ1n) is 5.91. The number of benzene rings is 1. The maximum atomic E-state index is 9.39. The molecule has 1 aliphatic heterocycles. The topological polar surface area (TPSA) is 35.5 Å². The first kappa shape index (κ1) is 11.3. The summed E-state index contributed by atoms with van der Waals surface area (Å²) in [7, 11) is 2.18. The maximum Gasteiger partial charge on any atom is 0.117 e. The van der Waals surface area contributed by atoms with E-state index in [0.29, 0.717) is 17.8 Å². The molecule has 2 rings (SSSR count). The molecule has 0 saturated carbocycles. The number of phenols is 1. The molecule has 0 spiro atoms. The number of hydrogen-bond donors (Lipinski definition) is 2. The van der Waals surface area contributed by atoms with E-state index in [2.05, 4.69) is 24.2 Å². The fraction of sp³-hybridized carbons (Fsp3) is 0.538. The fourth-order valence-corrected chi connectivity index (χ4v) is 2.25. The van der Waals surface area contributed by atoms with Gasteiger partial charge in [0.05, 0.1) is 0 Å². The zero-order valence-electron chi connectivity index (χ0n) is 9.98. The predicted octanol–water partition coefficient (Wildman–Crippen LogP) is 2.29. The van der Waals surface area contributed by atoms with Crippen molar-refractivity contribution < 1.29 is 5.11 Å². The summed E-state index contributed by atoms with van der Waals surface area (Å²) in [6.07, 6.45) is 2.32. The lowest BCUT2D eigenvalue weighted by Crippen LogP contribution is -2.42. The molecule has 88 valence electrons. The van der Waals surface area contributed by atoms with Gasteiger partial charge in [-0.25, -0.2) is 0 Å². The monoisotopic (exact) mass is 220 g/mol. The van der Waals surface area contributed by atoms with E-state index in [1.165, 1.54) is 0 Å². The summed E-state index contributed by atoms with van der Waals surface area (Å²) in [5, 5.41) is 12.9. The van der Waals surface area contributed by atoms with Gasteiger partial charge in [0, 0.05) is 30.4 Å². The third kappa shape index (κ3) is 2.67. The Morgan fingerprint density at radius 3 is 2.94 bits per heavy atom. The molecule has 0 radical (unpaired) electrons. The summed E-state index contributed by atoms with van der Waals surface area (Å²) < 4.78 is 0. The van der Waals surface area contributed by atoms with Crippen LogP contribution in [0.5, 0.6) is 5.75 Å². The van der Waals surface area contributed by atoms with E-state index >= 15 is 0 Å². The zero-order chi connectivity index (χ0) is 11.5. The van der Waals surface area contributed by atoms with Gasteiger partial charge in [0.25, 0.3) is 0 Å². The zero-order valence-corrected chi connectivity index (χ0v) is 9.98. The third-order valence-electron chi connectivity index (χ3n) is 3.43. The smallest absolute Gasteiger partial charge is 0.117 e. The number of aromatic hydroxyl groups is 1. The van der Waals surface area contributed by atoms with Crippen molar-refractivity contribution in [1.29, 1.82) is 0 Å². The molecule has 0 amide bonds. The molecular weight excluding hydrogens is 200 g/mol. The number of rotatable bonds is 2. The van der Waals surface area contributed by atoms with Crippen molar-refractivity contribution >= 4 is 5.69 Å². The van der Waals surface area contributed by atoms with Gasteiger partial charge in [-0.3, -0.25) is 0 Å². The Morgan fingerprint density at radius 1 is 1.44 bits per heavy atom. The number of hydrogen-bond acceptors (Lipinski definition) is 3. The number of nitrogens with zero attached hydrogens (tertiary/aromatic N) is 1. The average Bonchev–Trinajstić information content (AvgIpc) is 2.24. The van der Waals surface area contributed by atoms with Gasteiger partial charge in [0.15, 0.2) is 0 Å². The Morgan fingerprint density at radius 2 is 2.25 bits per heavy atom. The second-order valence-corrected chi connectivity index (χ2v) is 4.75. The standard InChI is InChI=1S/C13H20N2O/c1-10-8-12(6-7-15(10)2)14-11-4-3-5-13(16)9-11/h3-5,9-10,12,14,16H,6-8H2,1-2H3. The van der Waals surface area contributed by atoms with E-state index in [4.69, 9.17) is 0 Å². The SMILES string of the molecule is CC1CC(Nc2cccc(O)c2)CCN1C. The van der Waals surface area contributed by atoms with Gasteiger partial charge in [-0.05, 0) is 38.9 Å². The second kappa shape index (κ2) is 4.74. The highest BCUT2D eigenvalue weighted by Crippen LogP contribution is 2.22. The van der Waals surface area contributed by atoms with Gasteiger partial charge in [0.2, 0.25) is 0 Å². The Balaban J connectivity index is 1.95. The molecule has 0 aromatic heterocycles. The van der Waals surface area contributed by atoms with Gasteiger partial charge in [-0.15, -0.1) is 0 Å². The quantitative estimate of drug-likeness (QED) is 0.802. The van der Waals surface area contributed by atoms with Crippen molar-refractivity contribution in [2.75, 3.05) is 18.9 Å². The summed E-state index contributed by atoms with van der Waals surface area (Å²) in [5.41, 5.74) is 1.02. The number of likely N-dealkylation sites (tertiary alicyclic amines) is 1. The van der Waals surface area contributed by atoms with E-state index in [-0.39, 0.29) is 0 Å². The Labute approximate surface area is 97.1 Å². The first-order chi connectivity index (χ1) is 7.65. The van der Waals surface area contributed by atoms with Crippen LogP contribution in [0.2, 0.25) is 0 Å². The highest BCUT2D eigenvalue weighted by atomic mass is 16.3. The molecule has 1 fully saturated rings. The normalized spacial score (nSPS) is 26.6. The summed E-state index contributed by atoms with van der Waals surface area (Å²) in [6, 6.07) is 8.50. The van der Waals surface area contributed by atoms with E-state index in [1.807, 2.05) is 12.1 Å². The van der Waals surface area contributed by atoms with Gasteiger partial charge in [0.1, 0.15) is 5.75 Å². The van der Waals surface area contributed by atoms with E-state index in [0.717, 1.165) is 25.1 Å². The van der Waals surface area contributed by atoms with Crippen LogP contribution in [0.25, 0.3) is 0 Å². The van der Waals surface area contributed by atoms with Crippen molar-refractivity contribution in [2.45, 2.75) is 31.8 Å². The molecule has 2 unspecified atom stereocenters. The Kier molecular flexibility index (Phi) is 3.34. The van der Waals surface area contributed by atoms with Crippen LogP contribution in [0.4, 0.5) is 5.69 Å². The van der Waals surface area contributed by atoms with Crippen LogP contribution in [0, 0.1) is 0 Å². The fourth-order valence-electron chi connectivity index (χ4n) is 2.25. The number of anilines is 1. The minimum atomic E-state index is 0.325. The van der Waals surface area contributed by atoms with Gasteiger partial charge >= 0.3 is 0 Å². The minimum Gasteiger partial charge on any atom is -0.508 e. The minimum absolute atomic E-state index is 0.325. The van der Waals surface area contributed by atoms with Crippen LogP contribution in [0.3, 0.4) is 0 Å². The number of nitrogens with one attached hydrogen (secondary N) is 1. The van der Waals surface area contributed by atoms with Crippen LogP contribution in [0.15, 0.2) is 24.3 Å². The van der Waals surface area contributed by atoms with Gasteiger partial charge < -0.3 is 15.3 Å². The molecule has 0 bridgehead atoms. The van der Waals surface area contributed by atoms with Crippen molar-refractivity contribution in [3.63, 3.8) is 0 Å². The summed E-state index contributed by atoms with van der Waals surface area (Å²) in [5.74, 6) is 0.325. The molecule has 1 heterocycles. The molecule has 0 aliphatic carbocycles. The van der Waals surface area contributed by atoms with Crippen LogP contribution in [-0.4, -0.2) is 35.7 Å².